The minimum atomic E-state index is 0.459. The van der Waals surface area contributed by atoms with Crippen molar-refractivity contribution in [2.45, 2.75) is 273 Å². The van der Waals surface area contributed by atoms with Gasteiger partial charge in [0.1, 0.15) is 0 Å². The van der Waals surface area contributed by atoms with Crippen LogP contribution < -0.4 is 0 Å². The fourth-order valence-electron chi connectivity index (χ4n) is 18.5. The normalized spacial score (nSPS) is 45.5. The molecule has 0 bridgehead atoms. The summed E-state index contributed by atoms with van der Waals surface area (Å²) in [6.07, 6.45) is 8.50. The monoisotopic (exact) mass is 961 g/mol. The second-order valence-electron chi connectivity index (χ2n) is 31.6. The third-order valence-corrected chi connectivity index (χ3v) is 27.9. The van der Waals surface area contributed by atoms with E-state index >= 15 is 0 Å². The minimum absolute atomic E-state index is 0.459. The van der Waals surface area contributed by atoms with E-state index in [0.29, 0.717) is 66.2 Å². The minimum Gasteiger partial charge on any atom is -0.381 e. The Bertz CT molecular complexity index is 1800. The van der Waals surface area contributed by atoms with Gasteiger partial charge in [-0.15, -0.1) is 0 Å². The summed E-state index contributed by atoms with van der Waals surface area (Å²) in [7, 11) is 1.83. The maximum atomic E-state index is 5.43. The summed E-state index contributed by atoms with van der Waals surface area (Å²) in [5.41, 5.74) is 12.1. The Labute approximate surface area is 436 Å². The van der Waals surface area contributed by atoms with Gasteiger partial charge in [0, 0.05) is 7.11 Å². The summed E-state index contributed by atoms with van der Waals surface area (Å²) < 4.78 is 5.43. The second-order valence-corrected chi connectivity index (χ2v) is 31.6. The van der Waals surface area contributed by atoms with Gasteiger partial charge in [0.2, 0.25) is 0 Å². The van der Waals surface area contributed by atoms with E-state index in [0.717, 1.165) is 71.0 Å². The van der Waals surface area contributed by atoms with Crippen molar-refractivity contribution in [3.05, 3.63) is 22.3 Å². The lowest BCUT2D eigenvalue weighted by atomic mass is 9.66. The molecule has 69 heavy (non-hydrogen) atoms. The molecule has 17 atom stereocenters. The zero-order chi connectivity index (χ0) is 54.3. The average Bonchev–Trinajstić information content (AvgIpc) is 3.63. The lowest BCUT2D eigenvalue weighted by Gasteiger charge is -2.39. The third-order valence-electron chi connectivity index (χ3n) is 27.9. The molecule has 0 aromatic heterocycles. The van der Waals surface area contributed by atoms with Crippen molar-refractivity contribution in [1.29, 1.82) is 0 Å². The van der Waals surface area contributed by atoms with E-state index in [1.54, 1.807) is 22.3 Å². The Morgan fingerprint density at radius 1 is 0.449 bits per heavy atom. The zero-order valence-electron chi connectivity index (χ0n) is 53.7. The molecule has 0 heterocycles. The van der Waals surface area contributed by atoms with Crippen LogP contribution in [-0.4, -0.2) is 13.2 Å². The fourth-order valence-corrected chi connectivity index (χ4v) is 18.5. The quantitative estimate of drug-likeness (QED) is 0.256. The van der Waals surface area contributed by atoms with Crippen LogP contribution >= 0.6 is 0 Å². The maximum Gasteiger partial charge on any atom is 0.0604 e. The van der Waals surface area contributed by atoms with Crippen LogP contribution in [-0.2, 0) is 4.74 Å². The van der Waals surface area contributed by atoms with Gasteiger partial charge in [-0.25, -0.2) is 0 Å². The summed E-state index contributed by atoms with van der Waals surface area (Å²) in [5, 5.41) is 0. The van der Waals surface area contributed by atoms with E-state index in [1.165, 1.54) is 38.5 Å². The highest BCUT2D eigenvalue weighted by Gasteiger charge is 2.80. The Balaban J connectivity index is 0.000000220. The SMILES string of the molecule is CC1=C(C)C(C)(C)CC1C.CC1C2C(C)(C)C2(C)C(C)C1(C)C.CC1CC(C)C(C)(C)C1C.CCC1(C)CC(C)C(C)=C1C.CCC12C(C)C(C)(C)C(C)C1C2(C)C.COC1CC(C)C(C)(C)C1C. The van der Waals surface area contributed by atoms with Crippen LogP contribution in [0.2, 0.25) is 0 Å². The molecule has 0 aromatic carbocycles. The number of hydrogen-bond donors (Lipinski definition) is 0. The first-order chi connectivity index (χ1) is 30.8. The van der Waals surface area contributed by atoms with E-state index in [9.17, 15) is 0 Å². The van der Waals surface area contributed by atoms with Crippen LogP contribution in [0.4, 0.5) is 0 Å². The molecular formula is C68H128O. The maximum absolute atomic E-state index is 5.43. The number of rotatable bonds is 3. The van der Waals surface area contributed by atoms with Crippen molar-refractivity contribution in [2.75, 3.05) is 7.11 Å². The van der Waals surface area contributed by atoms with Gasteiger partial charge < -0.3 is 4.74 Å². The average molecular weight is 962 g/mol. The van der Waals surface area contributed by atoms with Crippen molar-refractivity contribution < 1.29 is 4.74 Å². The van der Waals surface area contributed by atoms with E-state index < -0.39 is 0 Å². The standard InChI is InChI=1S/C14H26.C13H24.C11H20.C10H20O.C10H18.C10H20/c1-8-14-10(3)12(4,5)9(2)11(14)13(14,6)7;1-8-10-12(5,6)13(10,7)9(2)11(8,3)4;1-6-11(5)7-8(2)9(3)10(11)4;1-7-6-9(11-5)8(2)10(7,3)4;1-7-6-10(4,5)9(3)8(7)2;1-7-6-8(2)10(4,5)9(7)3/h9-11H,8H2,1-7H3;8-10H,1-7H3;8H,6-7H2,1-5H3;7-9H,6H2,1-5H3;7H,6H2,1-5H3;7-9H,6H2,1-5H3. The predicted octanol–water partition coefficient (Wildman–Crippen LogP) is 21.5. The van der Waals surface area contributed by atoms with Crippen LogP contribution in [0.15, 0.2) is 22.3 Å². The molecular weight excluding hydrogens is 833 g/mol. The second kappa shape index (κ2) is 20.5. The van der Waals surface area contributed by atoms with Gasteiger partial charge in [-0.05, 0) is 197 Å². The molecule has 406 valence electrons. The number of fused-ring (bicyclic) bond motifs is 2. The number of hydrogen-bond acceptors (Lipinski definition) is 1. The Hall–Kier alpha value is -0.560. The first-order valence-corrected chi connectivity index (χ1v) is 29.7. The number of methoxy groups -OCH3 is 1. The van der Waals surface area contributed by atoms with Crippen LogP contribution in [0.25, 0.3) is 0 Å². The highest BCUT2D eigenvalue weighted by Crippen LogP contribution is 2.86. The van der Waals surface area contributed by atoms with Crippen molar-refractivity contribution in [1.82, 2.24) is 0 Å². The lowest BCUT2D eigenvalue weighted by Crippen LogP contribution is -2.32. The smallest absolute Gasteiger partial charge is 0.0604 e. The van der Waals surface area contributed by atoms with Crippen molar-refractivity contribution in [3.63, 3.8) is 0 Å². The zero-order valence-corrected chi connectivity index (χ0v) is 53.7. The topological polar surface area (TPSA) is 9.23 Å². The predicted molar refractivity (Wildman–Crippen MR) is 309 cm³/mol. The van der Waals surface area contributed by atoms with Crippen LogP contribution in [0.5, 0.6) is 0 Å². The lowest BCUT2D eigenvalue weighted by molar-refractivity contribution is 0.0539. The highest BCUT2D eigenvalue weighted by molar-refractivity contribution is 5.29. The van der Waals surface area contributed by atoms with Gasteiger partial charge in [0.25, 0.3) is 0 Å². The fraction of sp³-hybridized carbons (Fsp3) is 0.941. The van der Waals surface area contributed by atoms with Crippen molar-refractivity contribution in [3.8, 4) is 0 Å². The van der Waals surface area contributed by atoms with Crippen LogP contribution in [0, 0.1) is 131 Å². The van der Waals surface area contributed by atoms with E-state index in [1.807, 2.05) is 7.11 Å². The number of ether oxygens (including phenoxy) is 1. The molecule has 8 aliphatic carbocycles. The summed E-state index contributed by atoms with van der Waals surface area (Å²) in [6.45, 7) is 79.1. The molecule has 0 spiro atoms. The highest BCUT2D eigenvalue weighted by atomic mass is 16.5. The number of allylic oxidation sites excluding steroid dienone is 4. The Kier molecular flexibility index (Phi) is 18.7. The molecule has 0 aromatic rings. The van der Waals surface area contributed by atoms with E-state index in [4.69, 9.17) is 4.74 Å². The largest absolute Gasteiger partial charge is 0.381 e. The molecule has 8 aliphatic rings. The van der Waals surface area contributed by atoms with Gasteiger partial charge in [-0.3, -0.25) is 0 Å². The van der Waals surface area contributed by atoms with Gasteiger partial charge in [-0.1, -0.05) is 223 Å². The molecule has 0 N–H and O–H groups in total. The molecule has 0 saturated heterocycles. The van der Waals surface area contributed by atoms with Gasteiger partial charge >= 0.3 is 0 Å². The van der Waals surface area contributed by atoms with Crippen LogP contribution in [0.1, 0.15) is 267 Å². The first kappa shape index (κ1) is 62.7. The molecule has 17 unspecified atom stereocenters. The van der Waals surface area contributed by atoms with Gasteiger partial charge in [-0.2, -0.15) is 0 Å². The van der Waals surface area contributed by atoms with Crippen molar-refractivity contribution in [2.24, 2.45) is 131 Å². The summed E-state index contributed by atoms with van der Waals surface area (Å²) in [5.74, 6) is 11.4. The first-order valence-electron chi connectivity index (χ1n) is 29.7. The summed E-state index contributed by atoms with van der Waals surface area (Å²) in [4.78, 5) is 0. The molecule has 0 aliphatic heterocycles. The molecule has 6 saturated carbocycles. The summed E-state index contributed by atoms with van der Waals surface area (Å²) in [6, 6.07) is 0. The molecule has 6 fully saturated rings. The molecule has 8 rings (SSSR count). The van der Waals surface area contributed by atoms with E-state index in [2.05, 4.69) is 228 Å². The Morgan fingerprint density at radius 2 is 0.870 bits per heavy atom. The molecule has 0 radical (unpaired) electrons. The molecule has 1 heteroatoms. The van der Waals surface area contributed by atoms with E-state index in [-0.39, 0.29) is 0 Å². The molecule has 0 amide bonds. The van der Waals surface area contributed by atoms with Gasteiger partial charge in [0.15, 0.2) is 0 Å². The van der Waals surface area contributed by atoms with Gasteiger partial charge in [0.05, 0.1) is 6.10 Å². The summed E-state index contributed by atoms with van der Waals surface area (Å²) >= 11 is 0. The Morgan fingerprint density at radius 3 is 1.06 bits per heavy atom. The third kappa shape index (κ3) is 10.3. The molecule has 1 nitrogen and oxygen atoms in total. The van der Waals surface area contributed by atoms with Crippen LogP contribution in [0.3, 0.4) is 0 Å². The van der Waals surface area contributed by atoms with Crippen molar-refractivity contribution >= 4 is 0 Å².